The third kappa shape index (κ3) is 4.21. The second-order valence-corrected chi connectivity index (χ2v) is 6.67. The van der Waals surface area contributed by atoms with Gasteiger partial charge < -0.3 is 4.74 Å². The van der Waals surface area contributed by atoms with Crippen molar-refractivity contribution in [2.45, 2.75) is 6.11 Å². The van der Waals surface area contributed by atoms with Gasteiger partial charge in [0.05, 0.1) is 0 Å². The van der Waals surface area contributed by atoms with Crippen LogP contribution in [0.4, 0.5) is 35.1 Å². The molecule has 0 aliphatic carbocycles. The second-order valence-electron chi connectivity index (χ2n) is 5.76. The Morgan fingerprint density at radius 2 is 1.24 bits per heavy atom. The van der Waals surface area contributed by atoms with E-state index in [4.69, 9.17) is 0 Å². The first-order valence-electron chi connectivity index (χ1n) is 7.66. The molecule has 0 N–H and O–H groups in total. The van der Waals surface area contributed by atoms with Crippen LogP contribution in [-0.2, 0) is 6.11 Å². The van der Waals surface area contributed by atoms with Gasteiger partial charge in [-0.3, -0.25) is 0 Å². The zero-order valence-electron chi connectivity index (χ0n) is 13.9. The molecular formula is C19H7BrF8O. The molecule has 0 bridgehead atoms. The summed E-state index contributed by atoms with van der Waals surface area (Å²) in [4.78, 5) is 0. The third-order valence-corrected chi connectivity index (χ3v) is 4.27. The van der Waals surface area contributed by atoms with Crippen LogP contribution < -0.4 is 4.74 Å². The molecule has 0 spiro atoms. The molecule has 0 saturated carbocycles. The van der Waals surface area contributed by atoms with Gasteiger partial charge >= 0.3 is 6.11 Å². The number of hydrogen-bond donors (Lipinski definition) is 0. The van der Waals surface area contributed by atoms with Crippen LogP contribution in [-0.4, -0.2) is 0 Å². The Morgan fingerprint density at radius 3 is 1.76 bits per heavy atom. The van der Waals surface area contributed by atoms with Crippen molar-refractivity contribution in [3.8, 4) is 16.9 Å². The molecule has 1 nitrogen and oxygen atoms in total. The van der Waals surface area contributed by atoms with Gasteiger partial charge in [0.2, 0.25) is 0 Å². The van der Waals surface area contributed by atoms with Gasteiger partial charge in [-0.2, -0.15) is 8.78 Å². The summed E-state index contributed by atoms with van der Waals surface area (Å²) in [5.74, 6) is -11.3. The molecule has 0 aliphatic heterocycles. The highest BCUT2D eigenvalue weighted by molar-refractivity contribution is 9.10. The zero-order valence-corrected chi connectivity index (χ0v) is 15.4. The molecule has 3 aromatic carbocycles. The number of alkyl halides is 2. The monoisotopic (exact) mass is 482 g/mol. The average molecular weight is 483 g/mol. The maximum absolute atomic E-state index is 14.3. The lowest BCUT2D eigenvalue weighted by Gasteiger charge is -2.20. The van der Waals surface area contributed by atoms with Gasteiger partial charge in [0.15, 0.2) is 17.5 Å². The van der Waals surface area contributed by atoms with E-state index in [2.05, 4.69) is 20.7 Å². The first-order chi connectivity index (χ1) is 13.5. The SMILES string of the molecule is Fc1cc(Br)ccc1-c1cc(F)c(C(F)(F)Oc2cc(F)c(F)c(F)c2)c(F)c1. The first kappa shape index (κ1) is 21.1. The third-order valence-electron chi connectivity index (χ3n) is 3.78. The van der Waals surface area contributed by atoms with E-state index in [9.17, 15) is 35.1 Å². The number of ether oxygens (including phenoxy) is 1. The summed E-state index contributed by atoms with van der Waals surface area (Å²) in [7, 11) is 0. The van der Waals surface area contributed by atoms with Crippen molar-refractivity contribution < 1.29 is 39.9 Å². The van der Waals surface area contributed by atoms with Crippen LogP contribution >= 0.6 is 15.9 Å². The van der Waals surface area contributed by atoms with E-state index in [1.807, 2.05) is 0 Å². The highest BCUT2D eigenvalue weighted by atomic mass is 79.9. The highest BCUT2D eigenvalue weighted by Gasteiger charge is 2.41. The van der Waals surface area contributed by atoms with E-state index in [1.54, 1.807) is 0 Å². The van der Waals surface area contributed by atoms with Crippen molar-refractivity contribution in [3.63, 3.8) is 0 Å². The first-order valence-corrected chi connectivity index (χ1v) is 8.45. The van der Waals surface area contributed by atoms with Crippen molar-refractivity contribution in [3.05, 3.63) is 87.4 Å². The quantitative estimate of drug-likeness (QED) is 0.285. The van der Waals surface area contributed by atoms with Gasteiger partial charge in [-0.1, -0.05) is 22.0 Å². The maximum atomic E-state index is 14.3. The molecule has 0 saturated heterocycles. The second kappa shape index (κ2) is 7.66. The Morgan fingerprint density at radius 1 is 0.690 bits per heavy atom. The standard InChI is InChI=1S/C19H7BrF8O/c20-9-1-2-11(12(21)5-9)8-3-13(22)17(14(23)4-8)19(27,28)29-10-6-15(24)18(26)16(25)7-10/h1-7H. The topological polar surface area (TPSA) is 9.23 Å². The number of hydrogen-bond acceptors (Lipinski definition) is 1. The Kier molecular flexibility index (Phi) is 5.57. The summed E-state index contributed by atoms with van der Waals surface area (Å²) in [5, 5.41) is 0. The predicted molar refractivity (Wildman–Crippen MR) is 90.3 cm³/mol. The zero-order chi connectivity index (χ0) is 21.5. The minimum Gasteiger partial charge on any atom is -0.429 e. The fourth-order valence-corrected chi connectivity index (χ4v) is 2.85. The molecule has 0 atom stereocenters. The van der Waals surface area contributed by atoms with Gasteiger partial charge in [0.25, 0.3) is 0 Å². The average Bonchev–Trinajstić information content (AvgIpc) is 2.58. The van der Waals surface area contributed by atoms with Gasteiger partial charge in [-0.25, -0.2) is 26.3 Å². The lowest BCUT2D eigenvalue weighted by Crippen LogP contribution is -2.25. The molecule has 0 heterocycles. The molecule has 29 heavy (non-hydrogen) atoms. The number of halogens is 9. The lowest BCUT2D eigenvalue weighted by atomic mass is 10.0. The van der Waals surface area contributed by atoms with Crippen molar-refractivity contribution in [1.82, 2.24) is 0 Å². The van der Waals surface area contributed by atoms with Crippen LogP contribution in [0, 0.1) is 34.9 Å². The molecule has 3 aromatic rings. The molecule has 3 rings (SSSR count). The Labute approximate surface area is 166 Å². The molecule has 0 unspecified atom stereocenters. The smallest absolute Gasteiger partial charge is 0.429 e. The summed E-state index contributed by atoms with van der Waals surface area (Å²) >= 11 is 3.00. The van der Waals surface area contributed by atoms with Gasteiger partial charge in [0.1, 0.15) is 28.8 Å². The van der Waals surface area contributed by atoms with E-state index >= 15 is 0 Å². The predicted octanol–water partition coefficient (Wildman–Crippen LogP) is 7.08. The summed E-state index contributed by atoms with van der Waals surface area (Å²) in [6, 6.07) is 4.64. The van der Waals surface area contributed by atoms with E-state index in [0.717, 1.165) is 6.07 Å². The van der Waals surface area contributed by atoms with Crippen molar-refractivity contribution in [2.24, 2.45) is 0 Å². The molecule has 152 valence electrons. The molecule has 0 aromatic heterocycles. The van der Waals surface area contributed by atoms with Crippen LogP contribution in [0.1, 0.15) is 5.56 Å². The van der Waals surface area contributed by atoms with E-state index < -0.39 is 52.3 Å². The maximum Gasteiger partial charge on any atom is 0.432 e. The highest BCUT2D eigenvalue weighted by Crippen LogP contribution is 2.38. The van der Waals surface area contributed by atoms with Crippen LogP contribution in [0.3, 0.4) is 0 Å². The summed E-state index contributed by atoms with van der Waals surface area (Å²) < 4.78 is 115. The summed E-state index contributed by atoms with van der Waals surface area (Å²) in [6.45, 7) is 0. The Hall–Kier alpha value is -2.62. The van der Waals surface area contributed by atoms with Crippen molar-refractivity contribution in [2.75, 3.05) is 0 Å². The fraction of sp³-hybridized carbons (Fsp3) is 0.0526. The number of benzene rings is 3. The minimum atomic E-state index is -4.72. The lowest BCUT2D eigenvalue weighted by molar-refractivity contribution is -0.189. The van der Waals surface area contributed by atoms with Gasteiger partial charge in [0, 0.05) is 22.2 Å². The molecule has 0 amide bonds. The fourth-order valence-electron chi connectivity index (χ4n) is 2.52. The van der Waals surface area contributed by atoms with Crippen molar-refractivity contribution >= 4 is 15.9 Å². The van der Waals surface area contributed by atoms with E-state index in [1.165, 1.54) is 12.1 Å². The Balaban J connectivity index is 2.02. The molecule has 10 heteroatoms. The van der Waals surface area contributed by atoms with Crippen LogP contribution in [0.2, 0.25) is 0 Å². The van der Waals surface area contributed by atoms with E-state index in [0.29, 0.717) is 16.6 Å². The van der Waals surface area contributed by atoms with Crippen LogP contribution in [0.15, 0.2) is 46.9 Å². The van der Waals surface area contributed by atoms with Crippen molar-refractivity contribution in [1.29, 1.82) is 0 Å². The van der Waals surface area contributed by atoms with Gasteiger partial charge in [-0.15, -0.1) is 0 Å². The summed E-state index contributed by atoms with van der Waals surface area (Å²) in [6.07, 6.45) is -4.72. The molecule has 0 radical (unpaired) electrons. The Bertz CT molecular complexity index is 1050. The van der Waals surface area contributed by atoms with Crippen LogP contribution in [0.5, 0.6) is 5.75 Å². The van der Waals surface area contributed by atoms with Gasteiger partial charge in [-0.05, 0) is 29.8 Å². The summed E-state index contributed by atoms with van der Waals surface area (Å²) in [5.41, 5.74) is -2.50. The largest absolute Gasteiger partial charge is 0.432 e. The molecule has 0 fully saturated rings. The number of rotatable bonds is 4. The molecular weight excluding hydrogens is 476 g/mol. The molecule has 0 aliphatic rings. The van der Waals surface area contributed by atoms with E-state index in [-0.39, 0.29) is 23.3 Å². The minimum absolute atomic E-state index is 0.0910. The normalized spacial score (nSPS) is 11.6. The van der Waals surface area contributed by atoms with Crippen LogP contribution in [0.25, 0.3) is 11.1 Å².